The van der Waals surface area contributed by atoms with Crippen molar-refractivity contribution in [2.75, 3.05) is 11.4 Å². The number of fused-ring (bicyclic) bond motifs is 4. The largest absolute Gasteiger partial charge is 0.388 e. The number of nitrogens with two attached hydrogens (primary N) is 1. The lowest BCUT2D eigenvalue weighted by Gasteiger charge is -2.44. The van der Waals surface area contributed by atoms with Gasteiger partial charge in [0.1, 0.15) is 0 Å². The van der Waals surface area contributed by atoms with Crippen LogP contribution in [0.25, 0.3) is 0 Å². The lowest BCUT2D eigenvalue weighted by atomic mass is 9.69. The topological polar surface area (TPSA) is 89.3 Å². The van der Waals surface area contributed by atoms with Gasteiger partial charge in [-0.05, 0) is 66.6 Å². The molecule has 0 bridgehead atoms. The normalized spacial score (nSPS) is 16.0. The van der Waals surface area contributed by atoms with Crippen LogP contribution in [0.5, 0.6) is 0 Å². The Morgan fingerprint density at radius 1 is 1.13 bits per heavy atom. The van der Waals surface area contributed by atoms with E-state index in [0.29, 0.717) is 18.7 Å². The van der Waals surface area contributed by atoms with E-state index in [9.17, 15) is 0 Å². The average Bonchev–Trinajstić information content (AvgIpc) is 3.24. The number of nitrogens with one attached hydrogen (secondary N) is 2. The third kappa shape index (κ3) is 3.47. The standard InChI is InChI=1S/C25H29N5/c1-2-3-4-7-18-8-10-22-20(16-18)25(13-5-6-14-25)21-17-19(29-28)9-11-23(21)30(22)15-12-24(26)27/h1,8-11,16-17,28H,3-7,12-15H2,(H3,26,27). The zero-order valence-corrected chi connectivity index (χ0v) is 17.4. The minimum atomic E-state index is -0.0276. The summed E-state index contributed by atoms with van der Waals surface area (Å²) in [4.78, 5) is 2.30. The average molecular weight is 400 g/mol. The fraction of sp³-hybridized carbons (Fsp3) is 0.400. The Kier molecular flexibility index (Phi) is 5.59. The molecule has 4 rings (SSSR count). The van der Waals surface area contributed by atoms with Gasteiger partial charge in [-0.25, -0.2) is 5.53 Å². The number of anilines is 2. The van der Waals surface area contributed by atoms with E-state index in [1.807, 2.05) is 6.07 Å². The number of hydrogen-bond donors (Lipinski definition) is 3. The summed E-state index contributed by atoms with van der Waals surface area (Å²) in [5.41, 5.74) is 20.3. The van der Waals surface area contributed by atoms with Crippen molar-refractivity contribution >= 4 is 22.9 Å². The number of benzene rings is 2. The van der Waals surface area contributed by atoms with E-state index < -0.39 is 0 Å². The molecule has 0 aromatic heterocycles. The molecule has 0 unspecified atom stereocenters. The fourth-order valence-electron chi connectivity index (χ4n) is 5.23. The van der Waals surface area contributed by atoms with E-state index in [1.165, 1.54) is 35.2 Å². The Balaban J connectivity index is 1.86. The second-order valence-electron chi connectivity index (χ2n) is 8.44. The van der Waals surface area contributed by atoms with Gasteiger partial charge in [0.2, 0.25) is 0 Å². The van der Waals surface area contributed by atoms with Crippen LogP contribution in [0.2, 0.25) is 0 Å². The molecule has 0 saturated heterocycles. The second-order valence-corrected chi connectivity index (χ2v) is 8.44. The van der Waals surface area contributed by atoms with Gasteiger partial charge < -0.3 is 10.6 Å². The fourth-order valence-corrected chi connectivity index (χ4v) is 5.23. The maximum absolute atomic E-state index is 7.73. The minimum absolute atomic E-state index is 0.0276. The van der Waals surface area contributed by atoms with Crippen LogP contribution >= 0.6 is 0 Å². The third-order valence-electron chi connectivity index (χ3n) is 6.63. The van der Waals surface area contributed by atoms with Crippen molar-refractivity contribution in [2.45, 2.75) is 56.8 Å². The summed E-state index contributed by atoms with van der Waals surface area (Å²) < 4.78 is 0. The van der Waals surface area contributed by atoms with Gasteiger partial charge in [0.05, 0.1) is 11.5 Å². The van der Waals surface area contributed by atoms with Crippen LogP contribution in [0.1, 0.15) is 61.6 Å². The first-order valence-corrected chi connectivity index (χ1v) is 10.8. The quantitative estimate of drug-likeness (QED) is 0.177. The van der Waals surface area contributed by atoms with Crippen molar-refractivity contribution in [2.24, 2.45) is 10.8 Å². The second kappa shape index (κ2) is 8.31. The lowest BCUT2D eigenvalue weighted by Crippen LogP contribution is -2.36. The molecule has 1 saturated carbocycles. The van der Waals surface area contributed by atoms with Crippen LogP contribution in [-0.2, 0) is 11.8 Å². The molecule has 154 valence electrons. The predicted molar refractivity (Wildman–Crippen MR) is 122 cm³/mol. The summed E-state index contributed by atoms with van der Waals surface area (Å²) in [7, 11) is 0. The van der Waals surface area contributed by atoms with Gasteiger partial charge in [-0.3, -0.25) is 5.41 Å². The summed E-state index contributed by atoms with van der Waals surface area (Å²) in [6.07, 6.45) is 13.4. The highest BCUT2D eigenvalue weighted by Gasteiger charge is 2.45. The van der Waals surface area contributed by atoms with E-state index in [1.54, 1.807) is 0 Å². The van der Waals surface area contributed by atoms with Crippen molar-refractivity contribution in [1.82, 2.24) is 0 Å². The van der Waals surface area contributed by atoms with Crippen molar-refractivity contribution < 1.29 is 0 Å². The maximum atomic E-state index is 7.73. The smallest absolute Gasteiger partial charge is 0.0923 e. The van der Waals surface area contributed by atoms with Gasteiger partial charge in [0.15, 0.2) is 0 Å². The van der Waals surface area contributed by atoms with E-state index in [4.69, 9.17) is 23.1 Å². The molecule has 5 nitrogen and oxygen atoms in total. The number of rotatable bonds is 7. The number of aryl methyl sites for hydroxylation is 1. The Hall–Kier alpha value is -3.13. The van der Waals surface area contributed by atoms with Gasteiger partial charge in [-0.2, -0.15) is 5.11 Å². The first kappa shape index (κ1) is 20.2. The van der Waals surface area contributed by atoms with Crippen molar-refractivity contribution in [3.8, 4) is 12.3 Å². The molecule has 1 heterocycles. The highest BCUT2D eigenvalue weighted by molar-refractivity contribution is 5.82. The zero-order chi connectivity index (χ0) is 21.1. The van der Waals surface area contributed by atoms with E-state index >= 15 is 0 Å². The van der Waals surface area contributed by atoms with Crippen LogP contribution in [0.3, 0.4) is 0 Å². The Bertz CT molecular complexity index is 1010. The molecule has 4 N–H and O–H groups in total. The number of terminal acetylenes is 1. The Morgan fingerprint density at radius 3 is 2.50 bits per heavy atom. The Morgan fingerprint density at radius 2 is 1.83 bits per heavy atom. The van der Waals surface area contributed by atoms with Gasteiger partial charge in [-0.1, -0.05) is 25.0 Å². The number of hydrogen-bond acceptors (Lipinski definition) is 4. The van der Waals surface area contributed by atoms with E-state index in [-0.39, 0.29) is 11.3 Å². The van der Waals surface area contributed by atoms with Gasteiger partial charge >= 0.3 is 0 Å². The van der Waals surface area contributed by atoms with Crippen LogP contribution in [0, 0.1) is 23.3 Å². The third-order valence-corrected chi connectivity index (χ3v) is 6.63. The molecule has 5 heteroatoms. The van der Waals surface area contributed by atoms with E-state index in [2.05, 4.69) is 46.3 Å². The first-order valence-electron chi connectivity index (χ1n) is 10.8. The molecular weight excluding hydrogens is 370 g/mol. The predicted octanol–water partition coefficient (Wildman–Crippen LogP) is 5.94. The van der Waals surface area contributed by atoms with Crippen LogP contribution in [-0.4, -0.2) is 12.4 Å². The molecule has 2 aromatic rings. The molecule has 1 spiro atoms. The molecule has 2 aliphatic rings. The number of amidine groups is 1. The molecule has 0 atom stereocenters. The molecule has 0 radical (unpaired) electrons. The first-order chi connectivity index (χ1) is 14.6. The molecule has 1 aliphatic carbocycles. The monoisotopic (exact) mass is 399 g/mol. The van der Waals surface area contributed by atoms with Crippen LogP contribution in [0.4, 0.5) is 17.1 Å². The van der Waals surface area contributed by atoms with Crippen molar-refractivity contribution in [3.63, 3.8) is 0 Å². The molecule has 2 aromatic carbocycles. The minimum Gasteiger partial charge on any atom is -0.388 e. The van der Waals surface area contributed by atoms with Crippen molar-refractivity contribution in [1.29, 1.82) is 10.9 Å². The zero-order valence-electron chi connectivity index (χ0n) is 17.4. The molecule has 1 fully saturated rings. The van der Waals surface area contributed by atoms with E-state index in [0.717, 1.165) is 37.8 Å². The van der Waals surface area contributed by atoms with Crippen LogP contribution < -0.4 is 10.6 Å². The molecule has 1 aliphatic heterocycles. The summed E-state index contributed by atoms with van der Waals surface area (Å²) in [6, 6.07) is 12.9. The maximum Gasteiger partial charge on any atom is 0.0923 e. The summed E-state index contributed by atoms with van der Waals surface area (Å²) in [5.74, 6) is 2.94. The van der Waals surface area contributed by atoms with Gasteiger partial charge in [0.25, 0.3) is 0 Å². The highest BCUT2D eigenvalue weighted by Crippen LogP contribution is 2.57. The Labute approximate surface area is 178 Å². The summed E-state index contributed by atoms with van der Waals surface area (Å²) in [5, 5.41) is 11.4. The molecule has 30 heavy (non-hydrogen) atoms. The van der Waals surface area contributed by atoms with Crippen molar-refractivity contribution in [3.05, 3.63) is 53.1 Å². The highest BCUT2D eigenvalue weighted by atomic mass is 15.2. The number of unbranched alkanes of at least 4 members (excludes halogenated alkanes) is 1. The summed E-state index contributed by atoms with van der Waals surface area (Å²) in [6.45, 7) is 0.666. The number of nitrogens with zero attached hydrogens (tertiary/aromatic N) is 2. The van der Waals surface area contributed by atoms with Gasteiger partial charge in [-0.15, -0.1) is 12.3 Å². The molecular formula is C25H29N5. The van der Waals surface area contributed by atoms with Crippen LogP contribution in [0.15, 0.2) is 41.5 Å². The summed E-state index contributed by atoms with van der Waals surface area (Å²) >= 11 is 0. The molecule has 0 amide bonds. The lowest BCUT2D eigenvalue weighted by molar-refractivity contribution is 0.525. The van der Waals surface area contributed by atoms with Gasteiger partial charge in [0, 0.05) is 36.2 Å². The SMILES string of the molecule is C#CCCCc1ccc2c(c1)C1(CCCC1)c1cc(N=N)ccc1N2CCC(=N)N.